The Labute approximate surface area is 214 Å². The number of rotatable bonds is 11. The fraction of sp³-hybridized carbons (Fsp3) is 0.448. The quantitative estimate of drug-likeness (QED) is 0.376. The molecule has 0 aliphatic carbocycles. The number of piperidine rings is 1. The molecule has 2 aromatic carbocycles. The van der Waals surface area contributed by atoms with Crippen molar-refractivity contribution in [3.63, 3.8) is 0 Å². The lowest BCUT2D eigenvalue weighted by molar-refractivity contribution is 0.0365. The Bertz CT molecular complexity index is 1050. The minimum atomic E-state index is -0.0327. The van der Waals surface area contributed by atoms with Gasteiger partial charge in [-0.05, 0) is 87.2 Å². The minimum Gasteiger partial charge on any atom is -0.508 e. The van der Waals surface area contributed by atoms with Gasteiger partial charge in [-0.3, -0.25) is 9.80 Å². The number of ether oxygens (including phenoxy) is 1. The van der Waals surface area contributed by atoms with Gasteiger partial charge >= 0.3 is 0 Å². The number of hydrogen-bond donors (Lipinski definition) is 2. The van der Waals surface area contributed by atoms with Gasteiger partial charge in [0.15, 0.2) is 0 Å². The molecular formula is C29H39N3O2S. The predicted octanol–water partition coefficient (Wildman–Crippen LogP) is 5.37. The molecule has 0 amide bonds. The van der Waals surface area contributed by atoms with Crippen molar-refractivity contribution in [3.05, 3.63) is 87.6 Å². The van der Waals surface area contributed by atoms with Gasteiger partial charge in [0.2, 0.25) is 0 Å². The van der Waals surface area contributed by atoms with Crippen molar-refractivity contribution in [2.24, 2.45) is 0 Å². The van der Waals surface area contributed by atoms with Crippen LogP contribution < -0.4 is 5.32 Å². The molecule has 1 aromatic heterocycles. The maximum Gasteiger partial charge on any atom is 0.115 e. The first-order valence-corrected chi connectivity index (χ1v) is 13.4. The van der Waals surface area contributed by atoms with Crippen LogP contribution >= 0.6 is 11.3 Å². The molecule has 0 bridgehead atoms. The molecule has 0 unspecified atom stereocenters. The van der Waals surface area contributed by atoms with E-state index in [9.17, 15) is 5.11 Å². The molecule has 1 saturated heterocycles. The highest BCUT2D eigenvalue weighted by Gasteiger charge is 2.38. The number of hydrogen-bond acceptors (Lipinski definition) is 6. The second-order valence-electron chi connectivity index (χ2n) is 9.78. The summed E-state index contributed by atoms with van der Waals surface area (Å²) in [6.07, 6.45) is 3.18. The van der Waals surface area contributed by atoms with Crippen molar-refractivity contribution in [2.45, 2.75) is 44.1 Å². The number of benzene rings is 2. The van der Waals surface area contributed by atoms with Crippen LogP contribution in [0.3, 0.4) is 0 Å². The molecule has 1 fully saturated rings. The molecule has 0 radical (unpaired) electrons. The lowest BCUT2D eigenvalue weighted by Crippen LogP contribution is -2.50. The third-order valence-corrected chi connectivity index (χ3v) is 8.25. The molecule has 1 aliphatic rings. The second kappa shape index (κ2) is 12.2. The molecule has 3 aromatic rings. The lowest BCUT2D eigenvalue weighted by Gasteiger charge is -2.46. The summed E-state index contributed by atoms with van der Waals surface area (Å²) in [5.74, 6) is 0.345. The Balaban J connectivity index is 1.36. The average Bonchev–Trinajstić information content (AvgIpc) is 3.40. The maximum atomic E-state index is 10.0. The molecule has 2 N–H and O–H groups in total. The van der Waals surface area contributed by atoms with Crippen LogP contribution in [0.1, 0.15) is 46.9 Å². The summed E-state index contributed by atoms with van der Waals surface area (Å²) in [5.41, 5.74) is 3.74. The average molecular weight is 494 g/mol. The molecule has 1 aliphatic heterocycles. The van der Waals surface area contributed by atoms with Crippen molar-refractivity contribution < 1.29 is 9.84 Å². The normalized spacial score (nSPS) is 17.0. The summed E-state index contributed by atoms with van der Waals surface area (Å²) < 4.78 is 6.36. The summed E-state index contributed by atoms with van der Waals surface area (Å²) in [7, 11) is 6.30. The van der Waals surface area contributed by atoms with Gasteiger partial charge in [-0.15, -0.1) is 11.3 Å². The summed E-state index contributed by atoms with van der Waals surface area (Å²) in [6.45, 7) is 4.57. The molecule has 6 heteroatoms. The minimum absolute atomic E-state index is 0.0327. The number of nitrogens with one attached hydrogen (secondary N) is 1. The Hall–Kier alpha value is -2.22. The van der Waals surface area contributed by atoms with Crippen LogP contribution in [-0.2, 0) is 23.4 Å². The van der Waals surface area contributed by atoms with E-state index in [2.05, 4.69) is 77.1 Å². The highest BCUT2D eigenvalue weighted by atomic mass is 32.1. The van der Waals surface area contributed by atoms with Crippen LogP contribution in [0.25, 0.3) is 0 Å². The Kier molecular flexibility index (Phi) is 8.98. The summed E-state index contributed by atoms with van der Waals surface area (Å²) in [5, 5.41) is 15.4. The van der Waals surface area contributed by atoms with E-state index in [0.717, 1.165) is 45.4 Å². The third-order valence-electron chi connectivity index (χ3n) is 7.29. The molecular weight excluding hydrogens is 454 g/mol. The standard InChI is InChI=1S/C29H39N3O2S/c1-30-15-12-27(28-11-6-18-35-28)34-22-24-8-4-7-23(19-24)21-32-16-13-29(14-17-32,31(2)3)25-9-5-10-26(33)20-25/h4-11,18-20,27,30,33H,12-17,21-22H2,1-3H3/t27-/m1/s1. The molecule has 188 valence electrons. The molecule has 4 rings (SSSR count). The number of aromatic hydroxyl groups is 1. The maximum absolute atomic E-state index is 10.0. The van der Waals surface area contributed by atoms with E-state index in [0.29, 0.717) is 12.4 Å². The second-order valence-corrected chi connectivity index (χ2v) is 10.8. The molecule has 1 atom stereocenters. The highest BCUT2D eigenvalue weighted by molar-refractivity contribution is 7.10. The summed E-state index contributed by atoms with van der Waals surface area (Å²) in [4.78, 5) is 6.17. The van der Waals surface area contributed by atoms with Crippen LogP contribution in [0.5, 0.6) is 5.75 Å². The highest BCUT2D eigenvalue weighted by Crippen LogP contribution is 2.38. The van der Waals surface area contributed by atoms with Crippen molar-refractivity contribution >= 4 is 11.3 Å². The number of phenolic OH excluding ortho intramolecular Hbond substituents is 1. The van der Waals surface area contributed by atoms with Gasteiger partial charge in [0.05, 0.1) is 12.7 Å². The number of nitrogens with zero attached hydrogens (tertiary/aromatic N) is 2. The number of phenols is 1. The van der Waals surface area contributed by atoms with E-state index in [4.69, 9.17) is 4.74 Å². The Morgan fingerprint density at radius 3 is 2.51 bits per heavy atom. The summed E-state index contributed by atoms with van der Waals surface area (Å²) in [6, 6.07) is 20.9. The van der Waals surface area contributed by atoms with Gasteiger partial charge in [0.1, 0.15) is 5.75 Å². The summed E-state index contributed by atoms with van der Waals surface area (Å²) >= 11 is 1.77. The van der Waals surface area contributed by atoms with E-state index in [1.54, 1.807) is 17.4 Å². The van der Waals surface area contributed by atoms with Crippen molar-refractivity contribution in [1.29, 1.82) is 0 Å². The number of likely N-dealkylation sites (tertiary alicyclic amines) is 1. The predicted molar refractivity (Wildman–Crippen MR) is 145 cm³/mol. The molecule has 0 saturated carbocycles. The first-order chi connectivity index (χ1) is 17.0. The van der Waals surface area contributed by atoms with Gasteiger partial charge in [0.25, 0.3) is 0 Å². The zero-order valence-corrected chi connectivity index (χ0v) is 22.1. The van der Waals surface area contributed by atoms with Gasteiger partial charge in [-0.1, -0.05) is 42.5 Å². The van der Waals surface area contributed by atoms with E-state index in [-0.39, 0.29) is 11.6 Å². The zero-order valence-electron chi connectivity index (χ0n) is 21.2. The van der Waals surface area contributed by atoms with Crippen LogP contribution in [-0.4, -0.2) is 55.7 Å². The lowest BCUT2D eigenvalue weighted by atomic mass is 9.79. The van der Waals surface area contributed by atoms with Crippen molar-refractivity contribution in [3.8, 4) is 5.75 Å². The third kappa shape index (κ3) is 6.51. The smallest absolute Gasteiger partial charge is 0.115 e. The van der Waals surface area contributed by atoms with Gasteiger partial charge in [0, 0.05) is 30.1 Å². The van der Waals surface area contributed by atoms with Crippen molar-refractivity contribution in [1.82, 2.24) is 15.1 Å². The fourth-order valence-electron chi connectivity index (χ4n) is 5.20. The first-order valence-electron chi connectivity index (χ1n) is 12.6. The van der Waals surface area contributed by atoms with Crippen LogP contribution in [0, 0.1) is 0 Å². The van der Waals surface area contributed by atoms with Crippen LogP contribution in [0.15, 0.2) is 66.0 Å². The molecule has 0 spiro atoms. The Morgan fingerprint density at radius 1 is 1.06 bits per heavy atom. The molecule has 2 heterocycles. The van der Waals surface area contributed by atoms with Crippen LogP contribution in [0.4, 0.5) is 0 Å². The zero-order chi connectivity index (χ0) is 24.7. The topological polar surface area (TPSA) is 48.0 Å². The van der Waals surface area contributed by atoms with Gasteiger partial charge in [-0.2, -0.15) is 0 Å². The van der Waals surface area contributed by atoms with Gasteiger partial charge in [-0.25, -0.2) is 0 Å². The molecule has 35 heavy (non-hydrogen) atoms. The monoisotopic (exact) mass is 493 g/mol. The van der Waals surface area contributed by atoms with Crippen LogP contribution in [0.2, 0.25) is 0 Å². The van der Waals surface area contributed by atoms with Crippen molar-refractivity contribution in [2.75, 3.05) is 40.8 Å². The largest absolute Gasteiger partial charge is 0.508 e. The fourth-order valence-corrected chi connectivity index (χ4v) is 6.01. The first kappa shape index (κ1) is 25.9. The van der Waals surface area contributed by atoms with E-state index < -0.39 is 0 Å². The molecule has 5 nitrogen and oxygen atoms in total. The van der Waals surface area contributed by atoms with Gasteiger partial charge < -0.3 is 15.2 Å². The van der Waals surface area contributed by atoms with E-state index >= 15 is 0 Å². The SMILES string of the molecule is CNCC[C@@H](OCc1cccc(CN2CCC(c3cccc(O)c3)(N(C)C)CC2)c1)c1cccs1. The van der Waals surface area contributed by atoms with E-state index in [1.165, 1.54) is 21.6 Å². The Morgan fingerprint density at radius 2 is 1.83 bits per heavy atom. The number of thiophene rings is 1. The van der Waals surface area contributed by atoms with E-state index in [1.807, 2.05) is 19.2 Å².